The minimum absolute atomic E-state index is 0.122. The Labute approximate surface area is 284 Å². The molecule has 0 saturated heterocycles. The van der Waals surface area contributed by atoms with E-state index in [-0.39, 0.29) is 17.5 Å². The Kier molecular flexibility index (Phi) is 6.06. The highest BCUT2D eigenvalue weighted by Crippen LogP contribution is 2.50. The zero-order valence-corrected chi connectivity index (χ0v) is 27.0. The van der Waals surface area contributed by atoms with Gasteiger partial charge in [-0.2, -0.15) is 0 Å². The van der Waals surface area contributed by atoms with Gasteiger partial charge in [0.2, 0.25) is 0 Å². The van der Waals surface area contributed by atoms with Crippen LogP contribution in [0.15, 0.2) is 164 Å². The SMILES string of the molecule is [2H]/C(=C(/[2H])c1cc2ccccc2c2ccccc12)c1ccc(N(c2ccc3c(c2)C(C)(C)c2ccccc2-3)c2ccc3ccccc3c2)cc1. The van der Waals surface area contributed by atoms with Gasteiger partial charge in [-0.1, -0.05) is 147 Å². The van der Waals surface area contributed by atoms with Gasteiger partial charge in [-0.05, 0) is 108 Å². The van der Waals surface area contributed by atoms with Gasteiger partial charge in [-0.15, -0.1) is 0 Å². The maximum absolute atomic E-state index is 9.24. The molecule has 8 aromatic carbocycles. The number of rotatable bonds is 5. The average molecular weight is 616 g/mol. The van der Waals surface area contributed by atoms with E-state index >= 15 is 0 Å². The van der Waals surface area contributed by atoms with Crippen molar-refractivity contribution < 1.29 is 2.74 Å². The highest BCUT2D eigenvalue weighted by molar-refractivity contribution is 6.11. The molecule has 1 nitrogen and oxygen atoms in total. The van der Waals surface area contributed by atoms with Crippen LogP contribution in [0.2, 0.25) is 0 Å². The first kappa shape index (κ1) is 26.2. The maximum Gasteiger partial charge on any atom is 0.0629 e. The van der Waals surface area contributed by atoms with Gasteiger partial charge in [0.15, 0.2) is 0 Å². The summed E-state index contributed by atoms with van der Waals surface area (Å²) in [4.78, 5) is 2.31. The van der Waals surface area contributed by atoms with Crippen molar-refractivity contribution >= 4 is 61.5 Å². The predicted octanol–water partition coefficient (Wildman–Crippen LogP) is 13.1. The first-order valence-corrected chi connectivity index (χ1v) is 16.6. The Morgan fingerprint density at radius 1 is 0.458 bits per heavy atom. The van der Waals surface area contributed by atoms with E-state index in [9.17, 15) is 2.74 Å². The smallest absolute Gasteiger partial charge is 0.0629 e. The molecule has 0 fully saturated rings. The Morgan fingerprint density at radius 3 is 1.90 bits per heavy atom. The lowest BCUT2D eigenvalue weighted by molar-refractivity contribution is 0.660. The van der Waals surface area contributed by atoms with Crippen LogP contribution in [0.4, 0.5) is 17.1 Å². The molecule has 0 aliphatic heterocycles. The van der Waals surface area contributed by atoms with Crippen LogP contribution in [-0.2, 0) is 5.41 Å². The van der Waals surface area contributed by atoms with Crippen molar-refractivity contribution in [2.45, 2.75) is 19.3 Å². The molecule has 1 aliphatic rings. The summed E-state index contributed by atoms with van der Waals surface area (Å²) in [5.74, 6) is 0. The molecule has 228 valence electrons. The molecule has 0 atom stereocenters. The summed E-state index contributed by atoms with van der Waals surface area (Å²) in [6, 6.07) is 57.7. The zero-order chi connectivity index (χ0) is 34.0. The highest BCUT2D eigenvalue weighted by Gasteiger charge is 2.35. The normalized spacial score (nSPS) is 14.3. The van der Waals surface area contributed by atoms with Crippen molar-refractivity contribution in [1.82, 2.24) is 0 Å². The van der Waals surface area contributed by atoms with E-state index in [1.807, 2.05) is 36.4 Å². The van der Waals surface area contributed by atoms with E-state index in [0.717, 1.165) is 44.2 Å². The van der Waals surface area contributed by atoms with E-state index in [0.29, 0.717) is 5.56 Å². The fourth-order valence-corrected chi connectivity index (χ4v) is 7.59. The van der Waals surface area contributed by atoms with Crippen LogP contribution in [0.3, 0.4) is 0 Å². The van der Waals surface area contributed by atoms with Gasteiger partial charge in [-0.25, -0.2) is 0 Å². The van der Waals surface area contributed by atoms with Gasteiger partial charge in [0.05, 0.1) is 2.74 Å². The summed E-state index contributed by atoms with van der Waals surface area (Å²) in [6.07, 6.45) is 0. The summed E-state index contributed by atoms with van der Waals surface area (Å²) in [5.41, 5.74) is 9.76. The molecular weight excluding hydrogens is 579 g/mol. The van der Waals surface area contributed by atoms with Gasteiger partial charge in [0.25, 0.3) is 0 Å². The summed E-state index contributed by atoms with van der Waals surface area (Å²) >= 11 is 0. The fraction of sp³-hybridized carbons (Fsp3) is 0.0638. The van der Waals surface area contributed by atoms with Crippen LogP contribution in [0, 0.1) is 0 Å². The molecule has 9 rings (SSSR count). The third-order valence-corrected chi connectivity index (χ3v) is 10.1. The summed E-state index contributed by atoms with van der Waals surface area (Å²) in [5, 5.41) is 6.69. The van der Waals surface area contributed by atoms with E-state index < -0.39 is 0 Å². The second-order valence-corrected chi connectivity index (χ2v) is 13.3. The Morgan fingerprint density at radius 2 is 1.06 bits per heavy atom. The molecule has 0 N–H and O–H groups in total. The second-order valence-electron chi connectivity index (χ2n) is 13.3. The van der Waals surface area contributed by atoms with Gasteiger partial charge >= 0.3 is 0 Å². The highest BCUT2D eigenvalue weighted by atomic mass is 15.1. The largest absolute Gasteiger partial charge is 0.310 e. The van der Waals surface area contributed by atoms with E-state index in [2.05, 4.69) is 146 Å². The first-order chi connectivity index (χ1) is 24.4. The Balaban J connectivity index is 1.16. The quantitative estimate of drug-likeness (QED) is 0.138. The fourth-order valence-electron chi connectivity index (χ4n) is 7.59. The van der Waals surface area contributed by atoms with Crippen molar-refractivity contribution in [3.63, 3.8) is 0 Å². The molecule has 0 saturated carbocycles. The third-order valence-electron chi connectivity index (χ3n) is 10.1. The standard InChI is InChI=1S/C47H35N/c1-47(2)45-18-10-9-17-43(45)44-28-27-39(31-46(44)47)48(38-26-23-33-11-3-4-12-34(33)30-38)37-24-20-32(21-25-37)19-22-36-29-35-13-5-6-14-40(35)42-16-8-7-15-41(36)42/h3-31H,1-2H3/b22-19+/i19D,22D. The number of hydrogen-bond donors (Lipinski definition) is 0. The number of nitrogens with zero attached hydrogens (tertiary/aromatic N) is 1. The van der Waals surface area contributed by atoms with Gasteiger partial charge in [0, 0.05) is 22.5 Å². The number of hydrogen-bond acceptors (Lipinski definition) is 1. The van der Waals surface area contributed by atoms with Crippen LogP contribution < -0.4 is 4.90 Å². The molecule has 1 heteroatoms. The van der Waals surface area contributed by atoms with Crippen molar-refractivity contribution in [3.8, 4) is 11.1 Å². The zero-order valence-electron chi connectivity index (χ0n) is 29.0. The Hall–Kier alpha value is -5.92. The molecular formula is C47H35N. The number of benzene rings is 8. The summed E-state index contributed by atoms with van der Waals surface area (Å²) in [6.45, 7) is 4.63. The van der Waals surface area contributed by atoms with E-state index in [1.54, 1.807) is 0 Å². The number of fused-ring (bicyclic) bond motifs is 7. The third kappa shape index (κ3) is 4.62. The Bertz CT molecular complexity index is 2650. The molecule has 0 aromatic heterocycles. The van der Waals surface area contributed by atoms with Crippen molar-refractivity contribution in [1.29, 1.82) is 0 Å². The molecule has 0 bridgehead atoms. The van der Waals surface area contributed by atoms with Crippen LogP contribution in [0.1, 0.15) is 38.8 Å². The number of anilines is 3. The second kappa shape index (κ2) is 11.1. The monoisotopic (exact) mass is 615 g/mol. The van der Waals surface area contributed by atoms with Gasteiger partial charge in [0.1, 0.15) is 0 Å². The molecule has 0 spiro atoms. The minimum Gasteiger partial charge on any atom is -0.310 e. The molecule has 0 unspecified atom stereocenters. The maximum atomic E-state index is 9.24. The lowest BCUT2D eigenvalue weighted by Gasteiger charge is -2.28. The molecule has 1 aliphatic carbocycles. The summed E-state index contributed by atoms with van der Waals surface area (Å²) in [7, 11) is 0. The van der Waals surface area contributed by atoms with Crippen LogP contribution >= 0.6 is 0 Å². The minimum atomic E-state index is -0.122. The van der Waals surface area contributed by atoms with Crippen LogP contribution in [0.5, 0.6) is 0 Å². The van der Waals surface area contributed by atoms with Gasteiger partial charge in [-0.3, -0.25) is 0 Å². The lowest BCUT2D eigenvalue weighted by atomic mass is 9.82. The van der Waals surface area contributed by atoms with Crippen LogP contribution in [0.25, 0.3) is 55.5 Å². The average Bonchev–Trinajstić information content (AvgIpc) is 3.39. The molecule has 48 heavy (non-hydrogen) atoms. The van der Waals surface area contributed by atoms with E-state index in [1.165, 1.54) is 33.0 Å². The lowest BCUT2D eigenvalue weighted by Crippen LogP contribution is -2.16. The summed E-state index contributed by atoms with van der Waals surface area (Å²) < 4.78 is 18.4. The molecule has 0 radical (unpaired) electrons. The van der Waals surface area contributed by atoms with Gasteiger partial charge < -0.3 is 4.90 Å². The molecule has 0 heterocycles. The topological polar surface area (TPSA) is 3.24 Å². The van der Waals surface area contributed by atoms with Crippen LogP contribution in [-0.4, -0.2) is 0 Å². The first-order valence-electron chi connectivity index (χ1n) is 17.6. The van der Waals surface area contributed by atoms with E-state index in [4.69, 9.17) is 0 Å². The predicted molar refractivity (Wildman–Crippen MR) is 207 cm³/mol. The van der Waals surface area contributed by atoms with Crippen molar-refractivity contribution in [2.24, 2.45) is 0 Å². The van der Waals surface area contributed by atoms with Crippen molar-refractivity contribution in [3.05, 3.63) is 186 Å². The molecule has 8 aromatic rings. The molecule has 0 amide bonds. The van der Waals surface area contributed by atoms with Crippen molar-refractivity contribution in [2.75, 3.05) is 4.90 Å².